The highest BCUT2D eigenvalue weighted by Gasteiger charge is 2.31. The Morgan fingerprint density at radius 1 is 1.05 bits per heavy atom. The van der Waals surface area contributed by atoms with Crippen molar-refractivity contribution in [3.8, 4) is 17.0 Å². The van der Waals surface area contributed by atoms with Crippen LogP contribution >= 0.6 is 0 Å². The van der Waals surface area contributed by atoms with E-state index in [4.69, 9.17) is 14.2 Å². The van der Waals surface area contributed by atoms with E-state index < -0.39 is 0 Å². The van der Waals surface area contributed by atoms with Gasteiger partial charge in [0.1, 0.15) is 24.2 Å². The molecular weight excluding hydrogens is 530 g/mol. The van der Waals surface area contributed by atoms with E-state index in [-0.39, 0.29) is 25.3 Å². The molecule has 0 aliphatic carbocycles. The Labute approximate surface area is 243 Å². The number of amides is 1. The second-order valence-corrected chi connectivity index (χ2v) is 10.7. The van der Waals surface area contributed by atoms with Gasteiger partial charge < -0.3 is 28.7 Å². The number of piperazine rings is 1. The van der Waals surface area contributed by atoms with Crippen LogP contribution in [0.5, 0.6) is 5.75 Å². The summed E-state index contributed by atoms with van der Waals surface area (Å²) in [5.74, 6) is 1.73. The van der Waals surface area contributed by atoms with E-state index in [0.29, 0.717) is 13.1 Å². The number of hydrogen-bond acceptors (Lipinski definition) is 6. The molecule has 0 spiro atoms. The molecule has 2 aromatic carbocycles. The zero-order valence-electron chi connectivity index (χ0n) is 23.5. The molecule has 1 N–H and O–H groups in total. The van der Waals surface area contributed by atoms with E-state index in [1.54, 1.807) is 19.6 Å². The normalized spacial score (nSPS) is 16.3. The average Bonchev–Trinajstić information content (AvgIpc) is 3.79. The molecule has 5 heterocycles. The number of carbonyl (C=O) groups excluding carboxylic acids is 1. The van der Waals surface area contributed by atoms with Gasteiger partial charge in [0.2, 0.25) is 12.7 Å². The lowest BCUT2D eigenvalue weighted by atomic mass is 10.0. The minimum absolute atomic E-state index is 0.0730. The van der Waals surface area contributed by atoms with Gasteiger partial charge in [0.15, 0.2) is 5.76 Å². The van der Waals surface area contributed by atoms with Gasteiger partial charge in [0.05, 0.1) is 13.2 Å². The molecule has 0 bridgehead atoms. The van der Waals surface area contributed by atoms with E-state index in [2.05, 4.69) is 51.4 Å². The molecule has 7 rings (SSSR count). The number of benzene rings is 2. The fraction of sp³-hybridized carbons (Fsp3) is 0.273. The SMILES string of the molecule is COc1ccc2c(c1)c(-c1cc3cccnc3[nH]1)cn2CC(=O)N1CCN(C(Cc2ccccc2)C2=COCO2)CC1. The molecule has 3 aromatic heterocycles. The summed E-state index contributed by atoms with van der Waals surface area (Å²) >= 11 is 0. The lowest BCUT2D eigenvalue weighted by molar-refractivity contribution is -0.133. The molecule has 9 heteroatoms. The highest BCUT2D eigenvalue weighted by Crippen LogP contribution is 2.34. The number of nitrogens with zero attached hydrogens (tertiary/aromatic N) is 4. The maximum absolute atomic E-state index is 13.6. The van der Waals surface area contributed by atoms with Crippen molar-refractivity contribution in [1.82, 2.24) is 24.3 Å². The monoisotopic (exact) mass is 563 g/mol. The van der Waals surface area contributed by atoms with Crippen molar-refractivity contribution in [3.05, 3.63) is 96.7 Å². The summed E-state index contributed by atoms with van der Waals surface area (Å²) in [7, 11) is 1.67. The predicted molar refractivity (Wildman–Crippen MR) is 161 cm³/mol. The van der Waals surface area contributed by atoms with Crippen molar-refractivity contribution in [1.29, 1.82) is 0 Å². The highest BCUT2D eigenvalue weighted by molar-refractivity contribution is 5.99. The van der Waals surface area contributed by atoms with Crippen LogP contribution in [0, 0.1) is 0 Å². The predicted octanol–water partition coefficient (Wildman–Crippen LogP) is 4.79. The molecule has 0 radical (unpaired) electrons. The summed E-state index contributed by atoms with van der Waals surface area (Å²) in [6.45, 7) is 3.36. The van der Waals surface area contributed by atoms with Gasteiger partial charge in [-0.2, -0.15) is 0 Å². The minimum Gasteiger partial charge on any atom is -0.497 e. The van der Waals surface area contributed by atoms with Crippen LogP contribution < -0.4 is 4.74 Å². The van der Waals surface area contributed by atoms with Crippen LogP contribution in [0.15, 0.2) is 91.1 Å². The van der Waals surface area contributed by atoms with Crippen LogP contribution in [0.1, 0.15) is 5.56 Å². The number of aromatic nitrogens is 3. The molecule has 1 amide bonds. The molecule has 0 saturated carbocycles. The molecule has 2 aliphatic heterocycles. The van der Waals surface area contributed by atoms with E-state index in [1.165, 1.54) is 5.56 Å². The largest absolute Gasteiger partial charge is 0.497 e. The number of pyridine rings is 1. The second kappa shape index (κ2) is 11.3. The molecule has 1 unspecified atom stereocenters. The number of H-pyrrole nitrogens is 1. The smallest absolute Gasteiger partial charge is 0.242 e. The fourth-order valence-electron chi connectivity index (χ4n) is 6.05. The summed E-state index contributed by atoms with van der Waals surface area (Å²) in [6, 6.07) is 22.6. The topological polar surface area (TPSA) is 84.9 Å². The van der Waals surface area contributed by atoms with E-state index in [0.717, 1.165) is 64.2 Å². The zero-order chi connectivity index (χ0) is 28.5. The molecule has 1 atom stereocenters. The third-order valence-corrected chi connectivity index (χ3v) is 8.28. The minimum atomic E-state index is 0.0730. The summed E-state index contributed by atoms with van der Waals surface area (Å²) < 4.78 is 18.8. The Balaban J connectivity index is 1.09. The van der Waals surface area contributed by atoms with Crippen LogP contribution in [0.4, 0.5) is 0 Å². The summed E-state index contributed by atoms with van der Waals surface area (Å²) in [5.41, 5.74) is 5.03. The molecule has 214 valence electrons. The zero-order valence-corrected chi connectivity index (χ0v) is 23.5. The maximum Gasteiger partial charge on any atom is 0.242 e. The Morgan fingerprint density at radius 2 is 1.90 bits per heavy atom. The van der Waals surface area contributed by atoms with Crippen molar-refractivity contribution >= 4 is 27.8 Å². The Hall–Kier alpha value is -4.76. The molecule has 5 aromatic rings. The molecule has 9 nitrogen and oxygen atoms in total. The van der Waals surface area contributed by atoms with Crippen LogP contribution in [0.3, 0.4) is 0 Å². The first kappa shape index (κ1) is 26.2. The Bertz CT molecular complexity index is 1720. The van der Waals surface area contributed by atoms with Crippen molar-refractivity contribution < 1.29 is 19.0 Å². The first-order chi connectivity index (χ1) is 20.7. The van der Waals surface area contributed by atoms with Crippen molar-refractivity contribution in [2.24, 2.45) is 0 Å². The van der Waals surface area contributed by atoms with Gasteiger partial charge in [0.25, 0.3) is 0 Å². The maximum atomic E-state index is 13.6. The number of nitrogens with one attached hydrogen (secondary N) is 1. The van der Waals surface area contributed by atoms with Crippen molar-refractivity contribution in [2.75, 3.05) is 40.1 Å². The van der Waals surface area contributed by atoms with Gasteiger partial charge in [-0.05, 0) is 48.4 Å². The van der Waals surface area contributed by atoms with Crippen LogP contribution in [-0.2, 0) is 27.2 Å². The molecule has 2 aliphatic rings. The standard InChI is InChI=1S/C33H33N5O4/c1-40-25-9-10-29-26(18-25)27(28-17-24-8-5-11-34-33(24)35-28)19-38(29)20-32(39)37-14-12-36(13-15-37)30(31-21-41-22-42-31)16-23-6-3-2-4-7-23/h2-11,17-19,21,30H,12-16,20,22H2,1H3,(H,34,35). The van der Waals surface area contributed by atoms with E-state index >= 15 is 0 Å². The summed E-state index contributed by atoms with van der Waals surface area (Å²) in [6.07, 6.45) is 6.40. The van der Waals surface area contributed by atoms with Gasteiger partial charge >= 0.3 is 0 Å². The first-order valence-corrected chi connectivity index (χ1v) is 14.3. The number of ether oxygens (including phenoxy) is 3. The van der Waals surface area contributed by atoms with Gasteiger partial charge in [-0.15, -0.1) is 0 Å². The highest BCUT2D eigenvalue weighted by atomic mass is 16.7. The van der Waals surface area contributed by atoms with Gasteiger partial charge in [0, 0.05) is 66.1 Å². The third kappa shape index (κ3) is 5.07. The fourth-order valence-corrected chi connectivity index (χ4v) is 6.05. The van der Waals surface area contributed by atoms with Crippen molar-refractivity contribution in [2.45, 2.75) is 19.0 Å². The Morgan fingerprint density at radius 3 is 2.67 bits per heavy atom. The number of rotatable bonds is 8. The summed E-state index contributed by atoms with van der Waals surface area (Å²) in [4.78, 5) is 25.9. The Kier molecular flexibility index (Phi) is 7.01. The second-order valence-electron chi connectivity index (χ2n) is 10.7. The molecule has 1 saturated heterocycles. The summed E-state index contributed by atoms with van der Waals surface area (Å²) in [5, 5.41) is 2.07. The first-order valence-electron chi connectivity index (χ1n) is 14.3. The quantitative estimate of drug-likeness (QED) is 0.292. The molecule has 1 fully saturated rings. The molecule has 42 heavy (non-hydrogen) atoms. The van der Waals surface area contributed by atoms with Gasteiger partial charge in [-0.3, -0.25) is 9.69 Å². The lowest BCUT2D eigenvalue weighted by Gasteiger charge is -2.39. The van der Waals surface area contributed by atoms with Gasteiger partial charge in [-0.1, -0.05) is 30.3 Å². The van der Waals surface area contributed by atoms with E-state index in [9.17, 15) is 4.79 Å². The lowest BCUT2D eigenvalue weighted by Crippen LogP contribution is -2.53. The average molecular weight is 564 g/mol. The third-order valence-electron chi connectivity index (χ3n) is 8.28. The van der Waals surface area contributed by atoms with Crippen LogP contribution in [0.25, 0.3) is 33.2 Å². The van der Waals surface area contributed by atoms with Crippen LogP contribution in [-0.4, -0.2) is 76.4 Å². The van der Waals surface area contributed by atoms with Gasteiger partial charge in [-0.25, -0.2) is 4.98 Å². The number of aromatic amines is 1. The van der Waals surface area contributed by atoms with E-state index in [1.807, 2.05) is 45.9 Å². The van der Waals surface area contributed by atoms with Crippen molar-refractivity contribution in [3.63, 3.8) is 0 Å². The molecular formula is C33H33N5O4. The number of carbonyl (C=O) groups is 1. The number of fused-ring (bicyclic) bond motifs is 2. The van der Waals surface area contributed by atoms with Crippen LogP contribution in [0.2, 0.25) is 0 Å². The number of hydrogen-bond donors (Lipinski definition) is 1. The number of methoxy groups -OCH3 is 1.